The van der Waals surface area contributed by atoms with Crippen LogP contribution >= 0.6 is 0 Å². The van der Waals surface area contributed by atoms with Crippen LogP contribution in [-0.4, -0.2) is 51.2 Å². The van der Waals surface area contributed by atoms with Crippen molar-refractivity contribution in [3.63, 3.8) is 0 Å². The molecule has 2 saturated heterocycles. The van der Waals surface area contributed by atoms with Crippen molar-refractivity contribution in [2.24, 2.45) is 5.41 Å². The Hall–Kier alpha value is -0.120. The number of likely N-dealkylation sites (tertiary alicyclic amines) is 1. The van der Waals surface area contributed by atoms with Gasteiger partial charge in [0.1, 0.15) is 0 Å². The summed E-state index contributed by atoms with van der Waals surface area (Å²) >= 11 is 0. The van der Waals surface area contributed by atoms with Gasteiger partial charge in [0, 0.05) is 38.1 Å². The quantitative estimate of drug-likeness (QED) is 0.596. The Kier molecular flexibility index (Phi) is 2.35. The maximum atomic E-state index is 3.45. The van der Waals surface area contributed by atoms with Gasteiger partial charge in [-0.1, -0.05) is 0 Å². The molecule has 0 bridgehead atoms. The van der Waals surface area contributed by atoms with Crippen molar-refractivity contribution in [2.45, 2.75) is 6.42 Å². The third-order valence-corrected chi connectivity index (χ3v) is 3.13. The lowest BCUT2D eigenvalue weighted by Gasteiger charge is -2.47. The first kappa shape index (κ1) is 8.48. The van der Waals surface area contributed by atoms with Crippen LogP contribution < -0.4 is 10.6 Å². The fourth-order valence-electron chi connectivity index (χ4n) is 2.40. The number of rotatable bonds is 3. The van der Waals surface area contributed by atoms with E-state index in [2.05, 4.69) is 15.5 Å². The molecule has 0 amide bonds. The van der Waals surface area contributed by atoms with Crippen LogP contribution in [-0.2, 0) is 0 Å². The van der Waals surface area contributed by atoms with Gasteiger partial charge in [-0.3, -0.25) is 0 Å². The molecule has 1 spiro atoms. The molecule has 2 aliphatic rings. The molecule has 3 heteroatoms. The third-order valence-electron chi connectivity index (χ3n) is 3.13. The number of nitrogens with one attached hydrogen (secondary N) is 2. The average Bonchev–Trinajstić information content (AvgIpc) is 2.46. The Morgan fingerprint density at radius 2 is 2.33 bits per heavy atom. The summed E-state index contributed by atoms with van der Waals surface area (Å²) in [6.07, 6.45) is 1.39. The topological polar surface area (TPSA) is 27.3 Å². The van der Waals surface area contributed by atoms with Crippen molar-refractivity contribution in [1.82, 2.24) is 15.5 Å². The SMILES string of the molecule is CNCCN1CC2(CCNC2)C1. The van der Waals surface area contributed by atoms with Crippen LogP contribution in [0, 0.1) is 5.41 Å². The standard InChI is InChI=1S/C9H19N3/c1-10-4-5-12-7-9(8-12)2-3-11-6-9/h10-11H,2-8H2,1H3. The van der Waals surface area contributed by atoms with Crippen molar-refractivity contribution in [2.75, 3.05) is 46.3 Å². The van der Waals surface area contributed by atoms with Crippen molar-refractivity contribution >= 4 is 0 Å². The number of hydrogen-bond donors (Lipinski definition) is 2. The van der Waals surface area contributed by atoms with E-state index in [1.54, 1.807) is 0 Å². The van der Waals surface area contributed by atoms with Gasteiger partial charge < -0.3 is 15.5 Å². The van der Waals surface area contributed by atoms with E-state index in [0.717, 1.165) is 6.54 Å². The summed E-state index contributed by atoms with van der Waals surface area (Å²) in [7, 11) is 2.02. The van der Waals surface area contributed by atoms with Crippen LogP contribution in [0.25, 0.3) is 0 Å². The van der Waals surface area contributed by atoms with E-state index in [-0.39, 0.29) is 0 Å². The highest BCUT2D eigenvalue weighted by Crippen LogP contribution is 2.35. The van der Waals surface area contributed by atoms with Gasteiger partial charge in [0.25, 0.3) is 0 Å². The molecule has 2 aliphatic heterocycles. The minimum Gasteiger partial charge on any atom is -0.318 e. The van der Waals surface area contributed by atoms with E-state index in [9.17, 15) is 0 Å². The average molecular weight is 169 g/mol. The maximum Gasteiger partial charge on any atom is 0.0107 e. The fraction of sp³-hybridized carbons (Fsp3) is 1.00. The van der Waals surface area contributed by atoms with Gasteiger partial charge in [-0.2, -0.15) is 0 Å². The first-order valence-electron chi connectivity index (χ1n) is 4.92. The van der Waals surface area contributed by atoms with Gasteiger partial charge in [0.05, 0.1) is 0 Å². The summed E-state index contributed by atoms with van der Waals surface area (Å²) in [4.78, 5) is 2.55. The molecule has 2 heterocycles. The van der Waals surface area contributed by atoms with Gasteiger partial charge in [0.15, 0.2) is 0 Å². The Balaban J connectivity index is 1.68. The Morgan fingerprint density at radius 3 is 2.92 bits per heavy atom. The second-order valence-corrected chi connectivity index (χ2v) is 4.24. The summed E-state index contributed by atoms with van der Waals surface area (Å²) < 4.78 is 0. The Bertz CT molecular complexity index is 144. The van der Waals surface area contributed by atoms with E-state index in [1.165, 1.54) is 39.1 Å². The molecule has 2 N–H and O–H groups in total. The van der Waals surface area contributed by atoms with Gasteiger partial charge in [-0.05, 0) is 20.0 Å². The molecule has 3 nitrogen and oxygen atoms in total. The van der Waals surface area contributed by atoms with E-state index in [4.69, 9.17) is 0 Å². The predicted molar refractivity (Wildman–Crippen MR) is 50.3 cm³/mol. The van der Waals surface area contributed by atoms with E-state index in [0.29, 0.717) is 5.41 Å². The van der Waals surface area contributed by atoms with E-state index >= 15 is 0 Å². The number of hydrogen-bond acceptors (Lipinski definition) is 3. The lowest BCUT2D eigenvalue weighted by atomic mass is 9.79. The first-order chi connectivity index (χ1) is 5.85. The highest BCUT2D eigenvalue weighted by Gasteiger charge is 2.44. The normalized spacial score (nSPS) is 27.8. The molecule has 0 aromatic rings. The second kappa shape index (κ2) is 3.32. The smallest absolute Gasteiger partial charge is 0.0107 e. The molecule has 70 valence electrons. The molecule has 0 aromatic carbocycles. The summed E-state index contributed by atoms with van der Waals surface area (Å²) in [6.45, 7) is 7.48. The fourth-order valence-corrected chi connectivity index (χ4v) is 2.40. The van der Waals surface area contributed by atoms with Crippen molar-refractivity contribution < 1.29 is 0 Å². The molecule has 0 atom stereocenters. The van der Waals surface area contributed by atoms with Gasteiger partial charge in [-0.25, -0.2) is 0 Å². The van der Waals surface area contributed by atoms with Crippen LogP contribution in [0.2, 0.25) is 0 Å². The van der Waals surface area contributed by atoms with Gasteiger partial charge in [-0.15, -0.1) is 0 Å². The molecular formula is C9H19N3. The molecule has 2 rings (SSSR count). The van der Waals surface area contributed by atoms with Crippen molar-refractivity contribution in [1.29, 1.82) is 0 Å². The third kappa shape index (κ3) is 1.49. The minimum absolute atomic E-state index is 0.674. The van der Waals surface area contributed by atoms with Crippen molar-refractivity contribution in [3.05, 3.63) is 0 Å². The summed E-state index contributed by atoms with van der Waals surface area (Å²) in [5.41, 5.74) is 0.674. The van der Waals surface area contributed by atoms with Gasteiger partial charge in [0.2, 0.25) is 0 Å². The molecule has 12 heavy (non-hydrogen) atoms. The first-order valence-corrected chi connectivity index (χ1v) is 4.92. The molecule has 0 saturated carbocycles. The highest BCUT2D eigenvalue weighted by molar-refractivity contribution is 4.99. The zero-order chi connectivity index (χ0) is 8.44. The molecule has 0 unspecified atom stereocenters. The van der Waals surface area contributed by atoms with Crippen molar-refractivity contribution in [3.8, 4) is 0 Å². The van der Waals surface area contributed by atoms with E-state index in [1.807, 2.05) is 7.05 Å². The number of nitrogens with zero attached hydrogens (tertiary/aromatic N) is 1. The van der Waals surface area contributed by atoms with E-state index < -0.39 is 0 Å². The molecule has 2 fully saturated rings. The maximum absolute atomic E-state index is 3.45. The van der Waals surface area contributed by atoms with Crippen LogP contribution in [0.1, 0.15) is 6.42 Å². The minimum atomic E-state index is 0.674. The zero-order valence-corrected chi connectivity index (χ0v) is 7.90. The van der Waals surface area contributed by atoms with Crippen LogP contribution in [0.5, 0.6) is 0 Å². The second-order valence-electron chi connectivity index (χ2n) is 4.24. The summed E-state index contributed by atoms with van der Waals surface area (Å²) in [5, 5.41) is 6.64. The highest BCUT2D eigenvalue weighted by atomic mass is 15.2. The summed E-state index contributed by atoms with van der Waals surface area (Å²) in [5.74, 6) is 0. The van der Waals surface area contributed by atoms with Crippen LogP contribution in [0.4, 0.5) is 0 Å². The Morgan fingerprint density at radius 1 is 1.50 bits per heavy atom. The van der Waals surface area contributed by atoms with Crippen LogP contribution in [0.15, 0.2) is 0 Å². The lowest BCUT2D eigenvalue weighted by molar-refractivity contribution is 0.0186. The van der Waals surface area contributed by atoms with Gasteiger partial charge >= 0.3 is 0 Å². The molecule has 0 radical (unpaired) electrons. The monoisotopic (exact) mass is 169 g/mol. The Labute approximate surface area is 74.5 Å². The molecule has 0 aromatic heterocycles. The number of likely N-dealkylation sites (N-methyl/N-ethyl adjacent to an activating group) is 1. The molecule has 0 aliphatic carbocycles. The largest absolute Gasteiger partial charge is 0.318 e. The molecular weight excluding hydrogens is 150 g/mol. The summed E-state index contributed by atoms with van der Waals surface area (Å²) in [6, 6.07) is 0. The van der Waals surface area contributed by atoms with Crippen LogP contribution in [0.3, 0.4) is 0 Å². The predicted octanol–water partition coefficient (Wildman–Crippen LogP) is -0.499. The zero-order valence-electron chi connectivity index (χ0n) is 7.90. The lowest BCUT2D eigenvalue weighted by Crippen LogP contribution is -2.58.